The number of nitrogens with two attached hydrogens (primary N) is 1. The van der Waals surface area contributed by atoms with E-state index in [0.29, 0.717) is 22.6 Å². The Bertz CT molecular complexity index is 912. The first-order valence-corrected chi connectivity index (χ1v) is 9.30. The number of carbonyl (C=O) groups excluding carboxylic acids is 1. The fourth-order valence-electron chi connectivity index (χ4n) is 2.40. The summed E-state index contributed by atoms with van der Waals surface area (Å²) >= 11 is 7.35. The molecule has 0 atom stereocenters. The van der Waals surface area contributed by atoms with E-state index in [1.807, 2.05) is 54.0 Å². The largest absolute Gasteiger partial charge is 0.494 e. The first kappa shape index (κ1) is 18.3. The first-order chi connectivity index (χ1) is 12.6. The van der Waals surface area contributed by atoms with Crippen LogP contribution < -0.4 is 10.5 Å². The summed E-state index contributed by atoms with van der Waals surface area (Å²) < 4.78 is 7.36. The Morgan fingerprint density at radius 3 is 2.65 bits per heavy atom. The van der Waals surface area contributed by atoms with Crippen LogP contribution in [0.5, 0.6) is 5.75 Å². The van der Waals surface area contributed by atoms with Crippen molar-refractivity contribution >= 4 is 29.3 Å². The van der Waals surface area contributed by atoms with Crippen LogP contribution in [0.1, 0.15) is 6.92 Å². The van der Waals surface area contributed by atoms with Crippen LogP contribution in [0, 0.1) is 0 Å². The molecule has 0 unspecified atom stereocenters. The van der Waals surface area contributed by atoms with E-state index in [-0.39, 0.29) is 5.75 Å². The van der Waals surface area contributed by atoms with E-state index >= 15 is 0 Å². The fourth-order valence-corrected chi connectivity index (χ4v) is 3.29. The Hall–Kier alpha value is -2.51. The van der Waals surface area contributed by atoms with Crippen molar-refractivity contribution in [3.8, 4) is 22.8 Å². The average molecular weight is 389 g/mol. The lowest BCUT2D eigenvalue weighted by molar-refractivity contribution is -0.115. The summed E-state index contributed by atoms with van der Waals surface area (Å²) in [5.74, 6) is 1.11. The third-order valence-corrected chi connectivity index (χ3v) is 4.65. The second-order valence-corrected chi connectivity index (χ2v) is 6.71. The molecule has 3 aromatic rings. The number of hydrogen-bond donors (Lipinski definition) is 1. The fraction of sp³-hybridized carbons (Fsp3) is 0.167. The second-order valence-electron chi connectivity index (χ2n) is 5.33. The zero-order chi connectivity index (χ0) is 18.5. The Balaban J connectivity index is 2.06. The maximum atomic E-state index is 11.2. The molecule has 0 bridgehead atoms. The monoisotopic (exact) mass is 388 g/mol. The predicted octanol–water partition coefficient (Wildman–Crippen LogP) is 3.56. The molecule has 1 aromatic heterocycles. The van der Waals surface area contributed by atoms with E-state index in [1.165, 1.54) is 11.8 Å². The lowest BCUT2D eigenvalue weighted by Crippen LogP contribution is -2.13. The van der Waals surface area contributed by atoms with Gasteiger partial charge in [0.1, 0.15) is 5.75 Å². The summed E-state index contributed by atoms with van der Waals surface area (Å²) in [6.07, 6.45) is 0. The van der Waals surface area contributed by atoms with E-state index < -0.39 is 5.91 Å². The van der Waals surface area contributed by atoms with Gasteiger partial charge in [0.15, 0.2) is 11.0 Å². The van der Waals surface area contributed by atoms with Crippen LogP contribution >= 0.6 is 23.4 Å². The number of hydrogen-bond acceptors (Lipinski definition) is 5. The highest BCUT2D eigenvalue weighted by Crippen LogP contribution is 2.29. The zero-order valence-corrected chi connectivity index (χ0v) is 15.6. The second kappa shape index (κ2) is 8.25. The van der Waals surface area contributed by atoms with Gasteiger partial charge in [0.25, 0.3) is 0 Å². The molecule has 0 aliphatic heterocycles. The number of nitrogens with zero attached hydrogens (tertiary/aromatic N) is 3. The van der Waals surface area contributed by atoms with Gasteiger partial charge < -0.3 is 10.5 Å². The molecule has 3 rings (SSSR count). The van der Waals surface area contributed by atoms with Gasteiger partial charge in [-0.1, -0.05) is 35.5 Å². The van der Waals surface area contributed by atoms with Crippen molar-refractivity contribution in [2.75, 3.05) is 12.4 Å². The minimum atomic E-state index is -0.416. The number of halogens is 1. The van der Waals surface area contributed by atoms with Gasteiger partial charge in [-0.3, -0.25) is 9.36 Å². The number of benzene rings is 2. The number of thioether (sulfide) groups is 1. The molecule has 0 saturated carbocycles. The number of carbonyl (C=O) groups is 1. The van der Waals surface area contributed by atoms with Gasteiger partial charge in [-0.05, 0) is 43.3 Å². The maximum absolute atomic E-state index is 11.2. The predicted molar refractivity (Wildman–Crippen MR) is 103 cm³/mol. The lowest BCUT2D eigenvalue weighted by Gasteiger charge is -2.11. The van der Waals surface area contributed by atoms with Crippen LogP contribution in [-0.4, -0.2) is 33.0 Å². The van der Waals surface area contributed by atoms with Crippen LogP contribution in [0.25, 0.3) is 17.1 Å². The Morgan fingerprint density at radius 2 is 2.00 bits per heavy atom. The SMILES string of the molecule is CCOc1ccc(-n2c(SCC(N)=O)nnc2-c2cccc(Cl)c2)cc1. The molecule has 2 aromatic carbocycles. The number of ether oxygens (including phenoxy) is 1. The van der Waals surface area contributed by atoms with E-state index in [0.717, 1.165) is 17.0 Å². The number of primary amides is 1. The van der Waals surface area contributed by atoms with E-state index in [4.69, 9.17) is 22.1 Å². The van der Waals surface area contributed by atoms with Crippen molar-refractivity contribution in [2.45, 2.75) is 12.1 Å². The van der Waals surface area contributed by atoms with Crippen LogP contribution in [0.15, 0.2) is 53.7 Å². The normalized spacial score (nSPS) is 10.7. The molecule has 0 aliphatic rings. The zero-order valence-electron chi connectivity index (χ0n) is 14.1. The number of amides is 1. The van der Waals surface area contributed by atoms with Gasteiger partial charge in [0, 0.05) is 16.3 Å². The molecule has 0 radical (unpaired) electrons. The molecule has 2 N–H and O–H groups in total. The summed E-state index contributed by atoms with van der Waals surface area (Å²) in [6, 6.07) is 15.0. The minimum absolute atomic E-state index is 0.116. The molecule has 1 amide bonds. The van der Waals surface area contributed by atoms with Crippen molar-refractivity contribution in [2.24, 2.45) is 5.73 Å². The smallest absolute Gasteiger partial charge is 0.227 e. The Morgan fingerprint density at radius 1 is 1.23 bits per heavy atom. The Labute approximate surface area is 160 Å². The highest BCUT2D eigenvalue weighted by molar-refractivity contribution is 7.99. The van der Waals surface area contributed by atoms with E-state index in [9.17, 15) is 4.79 Å². The summed E-state index contributed by atoms with van der Waals surface area (Å²) in [5.41, 5.74) is 6.94. The summed E-state index contributed by atoms with van der Waals surface area (Å²) in [6.45, 7) is 2.53. The highest BCUT2D eigenvalue weighted by Gasteiger charge is 2.17. The number of aromatic nitrogens is 3. The third-order valence-electron chi connectivity index (χ3n) is 3.47. The van der Waals surface area contributed by atoms with Crippen molar-refractivity contribution in [1.82, 2.24) is 14.8 Å². The molecule has 8 heteroatoms. The quantitative estimate of drug-likeness (QED) is 0.625. The van der Waals surface area contributed by atoms with Gasteiger partial charge >= 0.3 is 0 Å². The van der Waals surface area contributed by atoms with Crippen molar-refractivity contribution < 1.29 is 9.53 Å². The summed E-state index contributed by atoms with van der Waals surface area (Å²) in [7, 11) is 0. The number of rotatable bonds is 7. The molecule has 0 fully saturated rings. The van der Waals surface area contributed by atoms with Gasteiger partial charge in [-0.15, -0.1) is 10.2 Å². The highest BCUT2D eigenvalue weighted by atomic mass is 35.5. The van der Waals surface area contributed by atoms with Crippen LogP contribution in [0.2, 0.25) is 5.02 Å². The molecule has 1 heterocycles. The van der Waals surface area contributed by atoms with Crippen molar-refractivity contribution in [1.29, 1.82) is 0 Å². The lowest BCUT2D eigenvalue weighted by atomic mass is 10.2. The average Bonchev–Trinajstić information content (AvgIpc) is 3.05. The molecular weight excluding hydrogens is 372 g/mol. The van der Waals surface area contributed by atoms with Crippen molar-refractivity contribution in [3.63, 3.8) is 0 Å². The standard InChI is InChI=1S/C18H17ClN4O2S/c1-2-25-15-8-6-14(7-9-15)23-17(12-4-3-5-13(19)10-12)21-22-18(23)26-11-16(20)24/h3-10H,2,11H2,1H3,(H2,20,24). The molecule has 6 nitrogen and oxygen atoms in total. The molecule has 26 heavy (non-hydrogen) atoms. The Kier molecular flexibility index (Phi) is 5.80. The van der Waals surface area contributed by atoms with Gasteiger partial charge in [-0.25, -0.2) is 0 Å². The van der Waals surface area contributed by atoms with Crippen LogP contribution in [0.4, 0.5) is 0 Å². The molecule has 0 aliphatic carbocycles. The van der Waals surface area contributed by atoms with E-state index in [1.54, 1.807) is 6.07 Å². The summed E-state index contributed by atoms with van der Waals surface area (Å²) in [5, 5.41) is 9.69. The maximum Gasteiger partial charge on any atom is 0.227 e. The van der Waals surface area contributed by atoms with Gasteiger partial charge in [0.05, 0.1) is 12.4 Å². The topological polar surface area (TPSA) is 83.0 Å². The third kappa shape index (κ3) is 4.17. The molecular formula is C18H17ClN4O2S. The molecule has 0 saturated heterocycles. The van der Waals surface area contributed by atoms with Gasteiger partial charge in [0.2, 0.25) is 5.91 Å². The first-order valence-electron chi connectivity index (χ1n) is 7.94. The minimum Gasteiger partial charge on any atom is -0.494 e. The van der Waals surface area contributed by atoms with Crippen LogP contribution in [0.3, 0.4) is 0 Å². The summed E-state index contributed by atoms with van der Waals surface area (Å²) in [4.78, 5) is 11.2. The molecule has 134 valence electrons. The van der Waals surface area contributed by atoms with E-state index in [2.05, 4.69) is 10.2 Å². The molecule has 0 spiro atoms. The van der Waals surface area contributed by atoms with Gasteiger partial charge in [-0.2, -0.15) is 0 Å². The van der Waals surface area contributed by atoms with Crippen molar-refractivity contribution in [3.05, 3.63) is 53.6 Å². The van der Waals surface area contributed by atoms with Crippen LogP contribution in [-0.2, 0) is 4.79 Å².